The standard InChI is InChI=1S/C12H12ClNO/c1-8-5-9(6-10(15)11(8)13)12(7-14)3-2-4-12/h5-6,15H,2-4H2,1H3. The number of rotatable bonds is 1. The van der Waals surface area contributed by atoms with Crippen molar-refractivity contribution in [2.75, 3.05) is 0 Å². The van der Waals surface area contributed by atoms with Crippen LogP contribution in [0, 0.1) is 18.3 Å². The Balaban J connectivity index is 2.51. The van der Waals surface area contributed by atoms with Crippen LogP contribution in [0.1, 0.15) is 30.4 Å². The summed E-state index contributed by atoms with van der Waals surface area (Å²) in [5.41, 5.74) is 1.34. The topological polar surface area (TPSA) is 44.0 Å². The number of hydrogen-bond acceptors (Lipinski definition) is 2. The molecule has 0 radical (unpaired) electrons. The Kier molecular flexibility index (Phi) is 2.36. The van der Waals surface area contributed by atoms with E-state index >= 15 is 0 Å². The van der Waals surface area contributed by atoms with Crippen molar-refractivity contribution in [3.05, 3.63) is 28.3 Å². The first kappa shape index (κ1) is 10.3. The van der Waals surface area contributed by atoms with E-state index in [9.17, 15) is 10.4 Å². The van der Waals surface area contributed by atoms with Crippen LogP contribution in [-0.2, 0) is 5.41 Å². The number of aromatic hydroxyl groups is 1. The molecule has 2 nitrogen and oxygen atoms in total. The van der Waals surface area contributed by atoms with E-state index in [1.165, 1.54) is 0 Å². The maximum atomic E-state index is 9.62. The van der Waals surface area contributed by atoms with Crippen molar-refractivity contribution in [2.24, 2.45) is 0 Å². The fourth-order valence-electron chi connectivity index (χ4n) is 2.02. The van der Waals surface area contributed by atoms with Crippen LogP contribution in [0.2, 0.25) is 5.02 Å². The second-order valence-corrected chi connectivity index (χ2v) is 4.55. The number of halogens is 1. The van der Waals surface area contributed by atoms with Crippen molar-refractivity contribution >= 4 is 11.6 Å². The summed E-state index contributed by atoms with van der Waals surface area (Å²) in [5, 5.41) is 19.2. The third-order valence-electron chi connectivity index (χ3n) is 3.21. The lowest BCUT2D eigenvalue weighted by Crippen LogP contribution is -2.32. The van der Waals surface area contributed by atoms with Gasteiger partial charge in [0, 0.05) is 0 Å². The van der Waals surface area contributed by atoms with E-state index in [2.05, 4.69) is 6.07 Å². The first-order valence-corrected chi connectivity index (χ1v) is 5.38. The minimum atomic E-state index is -0.382. The van der Waals surface area contributed by atoms with E-state index in [1.807, 2.05) is 13.0 Å². The average Bonchev–Trinajstić information content (AvgIpc) is 2.13. The van der Waals surface area contributed by atoms with E-state index in [1.54, 1.807) is 6.07 Å². The zero-order valence-electron chi connectivity index (χ0n) is 8.55. The summed E-state index contributed by atoms with van der Waals surface area (Å²) in [6, 6.07) is 5.88. The molecule has 1 aliphatic carbocycles. The fourth-order valence-corrected chi connectivity index (χ4v) is 2.13. The zero-order valence-corrected chi connectivity index (χ0v) is 9.30. The van der Waals surface area contributed by atoms with Crippen LogP contribution in [0.3, 0.4) is 0 Å². The molecule has 0 saturated heterocycles. The molecule has 2 rings (SSSR count). The highest BCUT2D eigenvalue weighted by Crippen LogP contribution is 2.45. The summed E-state index contributed by atoms with van der Waals surface area (Å²) in [7, 11) is 0. The van der Waals surface area contributed by atoms with E-state index < -0.39 is 0 Å². The van der Waals surface area contributed by atoms with Gasteiger partial charge in [-0.3, -0.25) is 0 Å². The van der Waals surface area contributed by atoms with Gasteiger partial charge in [0.2, 0.25) is 0 Å². The van der Waals surface area contributed by atoms with E-state index in [0.29, 0.717) is 5.02 Å². The van der Waals surface area contributed by atoms with Crippen molar-refractivity contribution in [1.29, 1.82) is 5.26 Å². The normalized spacial score (nSPS) is 17.9. The number of hydrogen-bond donors (Lipinski definition) is 1. The highest BCUT2D eigenvalue weighted by Gasteiger charge is 2.39. The van der Waals surface area contributed by atoms with Crippen molar-refractivity contribution in [3.8, 4) is 11.8 Å². The van der Waals surface area contributed by atoms with Crippen molar-refractivity contribution in [3.63, 3.8) is 0 Å². The monoisotopic (exact) mass is 221 g/mol. The predicted molar refractivity (Wildman–Crippen MR) is 59.0 cm³/mol. The number of aryl methyl sites for hydroxylation is 1. The Morgan fingerprint density at radius 2 is 2.13 bits per heavy atom. The third kappa shape index (κ3) is 1.48. The second kappa shape index (κ2) is 3.43. The SMILES string of the molecule is Cc1cc(C2(C#N)CCC2)cc(O)c1Cl. The minimum absolute atomic E-state index is 0.0770. The molecule has 1 N–H and O–H groups in total. The largest absolute Gasteiger partial charge is 0.506 e. The molecule has 3 heteroatoms. The summed E-state index contributed by atoms with van der Waals surface area (Å²) < 4.78 is 0. The van der Waals surface area contributed by atoms with Crippen LogP contribution in [-0.4, -0.2) is 5.11 Å². The highest BCUT2D eigenvalue weighted by atomic mass is 35.5. The van der Waals surface area contributed by atoms with Crippen molar-refractivity contribution in [1.82, 2.24) is 0 Å². The summed E-state index contributed by atoms with van der Waals surface area (Å²) in [4.78, 5) is 0. The van der Waals surface area contributed by atoms with Crippen LogP contribution >= 0.6 is 11.6 Å². The zero-order chi connectivity index (χ0) is 11.1. The van der Waals surface area contributed by atoms with Crippen LogP contribution in [0.5, 0.6) is 5.75 Å². The van der Waals surface area contributed by atoms with Gasteiger partial charge in [-0.1, -0.05) is 17.7 Å². The van der Waals surface area contributed by atoms with Gasteiger partial charge in [0.05, 0.1) is 16.5 Å². The van der Waals surface area contributed by atoms with Crippen LogP contribution in [0.15, 0.2) is 12.1 Å². The number of nitrogens with zero attached hydrogens (tertiary/aromatic N) is 1. The van der Waals surface area contributed by atoms with Crippen molar-refractivity contribution in [2.45, 2.75) is 31.6 Å². The third-order valence-corrected chi connectivity index (χ3v) is 3.70. The molecule has 1 saturated carbocycles. The predicted octanol–water partition coefficient (Wildman–Crippen LogP) is 3.30. The lowest BCUT2D eigenvalue weighted by Gasteiger charge is -2.36. The second-order valence-electron chi connectivity index (χ2n) is 4.17. The average molecular weight is 222 g/mol. The van der Waals surface area contributed by atoms with Gasteiger partial charge in [0.15, 0.2) is 0 Å². The summed E-state index contributed by atoms with van der Waals surface area (Å²) in [5.74, 6) is 0.0770. The Hall–Kier alpha value is -1.20. The smallest absolute Gasteiger partial charge is 0.134 e. The van der Waals surface area contributed by atoms with Gasteiger partial charge < -0.3 is 5.11 Å². The minimum Gasteiger partial charge on any atom is -0.506 e. The first-order chi connectivity index (χ1) is 7.09. The fraction of sp³-hybridized carbons (Fsp3) is 0.417. The molecule has 0 aliphatic heterocycles. The van der Waals surface area contributed by atoms with Gasteiger partial charge in [-0.25, -0.2) is 0 Å². The maximum absolute atomic E-state index is 9.62. The summed E-state index contributed by atoms with van der Waals surface area (Å²) in [6.45, 7) is 1.84. The van der Waals surface area contributed by atoms with Gasteiger partial charge in [0.1, 0.15) is 5.75 Å². The quantitative estimate of drug-likeness (QED) is 0.791. The highest BCUT2D eigenvalue weighted by molar-refractivity contribution is 6.32. The summed E-state index contributed by atoms with van der Waals surface area (Å²) in [6.07, 6.45) is 2.84. The lowest BCUT2D eigenvalue weighted by molar-refractivity contribution is 0.322. The molecule has 0 atom stereocenters. The Bertz CT molecular complexity index is 420. The molecule has 1 fully saturated rings. The van der Waals surface area contributed by atoms with Gasteiger partial charge in [0.25, 0.3) is 0 Å². The molecule has 15 heavy (non-hydrogen) atoms. The van der Waals surface area contributed by atoms with Gasteiger partial charge in [-0.15, -0.1) is 0 Å². The molecule has 0 amide bonds. The number of nitriles is 1. The van der Waals surface area contributed by atoms with E-state index in [-0.39, 0.29) is 11.2 Å². The number of phenolic OH excluding ortho intramolecular Hbond substituents is 1. The summed E-state index contributed by atoms with van der Waals surface area (Å²) >= 11 is 5.87. The molecule has 1 aromatic rings. The molecule has 0 spiro atoms. The van der Waals surface area contributed by atoms with E-state index in [0.717, 1.165) is 30.4 Å². The molecule has 0 bridgehead atoms. The Labute approximate surface area is 94.1 Å². The van der Waals surface area contributed by atoms with Crippen LogP contribution in [0.4, 0.5) is 0 Å². The Morgan fingerprint density at radius 3 is 2.53 bits per heavy atom. The number of benzene rings is 1. The molecule has 0 aromatic heterocycles. The van der Waals surface area contributed by atoms with Gasteiger partial charge in [-0.2, -0.15) is 5.26 Å². The lowest BCUT2D eigenvalue weighted by atomic mass is 9.65. The van der Waals surface area contributed by atoms with Crippen LogP contribution in [0.25, 0.3) is 0 Å². The van der Waals surface area contributed by atoms with E-state index in [4.69, 9.17) is 11.6 Å². The Morgan fingerprint density at radius 1 is 1.47 bits per heavy atom. The maximum Gasteiger partial charge on any atom is 0.134 e. The van der Waals surface area contributed by atoms with Crippen molar-refractivity contribution < 1.29 is 5.11 Å². The molecule has 1 aliphatic rings. The van der Waals surface area contributed by atoms with Gasteiger partial charge >= 0.3 is 0 Å². The first-order valence-electron chi connectivity index (χ1n) is 5.00. The molecule has 1 aromatic carbocycles. The van der Waals surface area contributed by atoms with Gasteiger partial charge in [-0.05, 0) is 43.4 Å². The molecule has 0 unspecified atom stereocenters. The molecular formula is C12H12ClNO. The molecular weight excluding hydrogens is 210 g/mol. The van der Waals surface area contributed by atoms with Crippen LogP contribution < -0.4 is 0 Å². The molecule has 78 valence electrons. The molecule has 0 heterocycles. The number of phenols is 1.